The lowest BCUT2D eigenvalue weighted by molar-refractivity contribution is -0.332. The molecule has 67 heavy (non-hydrogen) atoms. The number of aliphatic hydroxyl groups excluding tert-OH is 7. The van der Waals surface area contributed by atoms with Gasteiger partial charge in [-0.1, -0.05) is 179 Å². The summed E-state index contributed by atoms with van der Waals surface area (Å²) in [5.74, 6) is -0.377. The maximum Gasteiger partial charge on any atom is 0.306 e. The first-order chi connectivity index (χ1) is 32.6. The highest BCUT2D eigenvalue weighted by Gasteiger charge is 2.47. The fourth-order valence-corrected chi connectivity index (χ4v) is 8.55. The van der Waals surface area contributed by atoms with Gasteiger partial charge >= 0.3 is 5.97 Å². The van der Waals surface area contributed by atoms with Crippen molar-refractivity contribution in [3.63, 3.8) is 0 Å². The Balaban J connectivity index is 1.76. The topological polar surface area (TPSA) is 214 Å². The lowest BCUT2D eigenvalue weighted by atomic mass is 9.98. The highest BCUT2D eigenvalue weighted by atomic mass is 16.7. The molecule has 11 atom stereocenters. The van der Waals surface area contributed by atoms with Crippen LogP contribution in [0.1, 0.15) is 206 Å². The SMILES string of the molecule is CCCCCC/C=C\C/C=C\CCCCCCCCOCC(COC1OC(COC2OC(CO)C(O)C(O)C2O)C(O)C(O)C1O)OC(=O)CCCCCCCCCCCCCCCCCC. The lowest BCUT2D eigenvalue weighted by Crippen LogP contribution is -2.61. The van der Waals surface area contributed by atoms with Crippen molar-refractivity contribution >= 4 is 5.97 Å². The maximum absolute atomic E-state index is 13.0. The number of carbonyl (C=O) groups is 1. The maximum atomic E-state index is 13.0. The molecule has 0 aliphatic carbocycles. The summed E-state index contributed by atoms with van der Waals surface area (Å²) in [4.78, 5) is 13.0. The molecule has 2 fully saturated rings. The molecule has 11 unspecified atom stereocenters. The average molecular weight is 959 g/mol. The number of hydrogen-bond donors (Lipinski definition) is 7. The van der Waals surface area contributed by atoms with E-state index < -0.39 is 80.7 Å². The molecule has 0 radical (unpaired) electrons. The summed E-state index contributed by atoms with van der Waals surface area (Å²) >= 11 is 0. The number of ether oxygens (including phenoxy) is 6. The van der Waals surface area contributed by atoms with E-state index in [4.69, 9.17) is 28.4 Å². The van der Waals surface area contributed by atoms with E-state index in [2.05, 4.69) is 38.2 Å². The summed E-state index contributed by atoms with van der Waals surface area (Å²) < 4.78 is 34.3. The molecule has 394 valence electrons. The van der Waals surface area contributed by atoms with Crippen LogP contribution >= 0.6 is 0 Å². The van der Waals surface area contributed by atoms with Gasteiger partial charge in [0.05, 0.1) is 26.4 Å². The Kier molecular flexibility index (Phi) is 37.8. The second-order valence-electron chi connectivity index (χ2n) is 19.1. The van der Waals surface area contributed by atoms with Gasteiger partial charge in [0.15, 0.2) is 12.6 Å². The van der Waals surface area contributed by atoms with E-state index >= 15 is 0 Å². The molecule has 2 heterocycles. The third kappa shape index (κ3) is 28.8. The molecule has 0 aromatic rings. The van der Waals surface area contributed by atoms with Crippen LogP contribution in [0.3, 0.4) is 0 Å². The van der Waals surface area contributed by atoms with E-state index in [9.17, 15) is 40.5 Å². The van der Waals surface area contributed by atoms with Crippen LogP contribution in [0.25, 0.3) is 0 Å². The molecule has 14 heteroatoms. The fourth-order valence-electron chi connectivity index (χ4n) is 8.55. The zero-order valence-corrected chi connectivity index (χ0v) is 41.9. The molecule has 7 N–H and O–H groups in total. The number of allylic oxidation sites excluding steroid dienone is 4. The minimum absolute atomic E-state index is 0.0583. The van der Waals surface area contributed by atoms with Crippen molar-refractivity contribution in [3.8, 4) is 0 Å². The van der Waals surface area contributed by atoms with Gasteiger partial charge in [0, 0.05) is 13.0 Å². The number of unbranched alkanes of at least 4 members (excludes halogenated alkanes) is 25. The second kappa shape index (κ2) is 41.1. The quantitative estimate of drug-likeness (QED) is 0.0174. The molecule has 2 aliphatic rings. The molecule has 0 bridgehead atoms. The van der Waals surface area contributed by atoms with E-state index in [1.807, 2.05) is 0 Å². The van der Waals surface area contributed by atoms with Gasteiger partial charge in [-0.3, -0.25) is 4.79 Å². The predicted octanol–water partition coefficient (Wildman–Crippen LogP) is 8.41. The molecular formula is C53H98O14. The third-order valence-electron chi connectivity index (χ3n) is 13.0. The van der Waals surface area contributed by atoms with Crippen molar-refractivity contribution in [1.29, 1.82) is 0 Å². The highest BCUT2D eigenvalue weighted by molar-refractivity contribution is 5.69. The molecule has 0 saturated carbocycles. The zero-order chi connectivity index (χ0) is 48.7. The molecule has 14 nitrogen and oxygen atoms in total. The predicted molar refractivity (Wildman–Crippen MR) is 261 cm³/mol. The summed E-state index contributed by atoms with van der Waals surface area (Å²) in [5, 5.41) is 72.2. The molecule has 2 aliphatic heterocycles. The van der Waals surface area contributed by atoms with Crippen molar-refractivity contribution in [1.82, 2.24) is 0 Å². The molecule has 0 spiro atoms. The molecule has 0 aromatic heterocycles. The van der Waals surface area contributed by atoms with Gasteiger partial charge in [-0.25, -0.2) is 0 Å². The van der Waals surface area contributed by atoms with Gasteiger partial charge in [-0.15, -0.1) is 0 Å². The first kappa shape index (κ1) is 61.6. The third-order valence-corrected chi connectivity index (χ3v) is 13.0. The summed E-state index contributed by atoms with van der Waals surface area (Å²) in [6, 6.07) is 0. The number of aliphatic hydroxyl groups is 7. The summed E-state index contributed by atoms with van der Waals surface area (Å²) in [6.45, 7) is 3.67. The summed E-state index contributed by atoms with van der Waals surface area (Å²) in [5.41, 5.74) is 0. The molecule has 2 rings (SSSR count). The van der Waals surface area contributed by atoms with Gasteiger partial charge < -0.3 is 64.2 Å². The molecule has 0 aromatic carbocycles. The Labute approximate surface area is 405 Å². The van der Waals surface area contributed by atoms with Crippen molar-refractivity contribution < 1.29 is 69.0 Å². The number of esters is 1. The molecule has 2 saturated heterocycles. The van der Waals surface area contributed by atoms with Gasteiger partial charge in [-0.05, 0) is 44.9 Å². The minimum Gasteiger partial charge on any atom is -0.457 e. The van der Waals surface area contributed by atoms with Gasteiger partial charge in [-0.2, -0.15) is 0 Å². The Morgan fingerprint density at radius 2 is 0.925 bits per heavy atom. The van der Waals surface area contributed by atoms with E-state index in [-0.39, 0.29) is 25.6 Å². The Morgan fingerprint density at radius 1 is 0.493 bits per heavy atom. The first-order valence-electron chi connectivity index (χ1n) is 26.9. The first-order valence-corrected chi connectivity index (χ1v) is 26.9. The van der Waals surface area contributed by atoms with E-state index in [0.29, 0.717) is 13.0 Å². The van der Waals surface area contributed by atoms with Crippen LogP contribution in [0.2, 0.25) is 0 Å². The highest BCUT2D eigenvalue weighted by Crippen LogP contribution is 2.26. The number of carbonyl (C=O) groups excluding carboxylic acids is 1. The lowest BCUT2D eigenvalue weighted by Gasteiger charge is -2.42. The Bertz CT molecular complexity index is 1200. The smallest absolute Gasteiger partial charge is 0.306 e. The fraction of sp³-hybridized carbons (Fsp3) is 0.906. The van der Waals surface area contributed by atoms with Crippen molar-refractivity contribution in [2.45, 2.75) is 274 Å². The number of rotatable bonds is 43. The van der Waals surface area contributed by atoms with E-state index in [1.54, 1.807) is 0 Å². The van der Waals surface area contributed by atoms with Crippen molar-refractivity contribution in [2.24, 2.45) is 0 Å². The van der Waals surface area contributed by atoms with Crippen LogP contribution in [-0.4, -0.2) is 142 Å². The van der Waals surface area contributed by atoms with Crippen molar-refractivity contribution in [2.75, 3.05) is 33.0 Å². The largest absolute Gasteiger partial charge is 0.457 e. The Hall–Kier alpha value is -1.53. The summed E-state index contributed by atoms with van der Waals surface area (Å²) in [6.07, 6.45) is 28.0. The van der Waals surface area contributed by atoms with Gasteiger partial charge in [0.2, 0.25) is 0 Å². The van der Waals surface area contributed by atoms with Crippen LogP contribution in [0, 0.1) is 0 Å². The van der Waals surface area contributed by atoms with Crippen LogP contribution in [0.4, 0.5) is 0 Å². The van der Waals surface area contributed by atoms with Crippen LogP contribution in [-0.2, 0) is 33.2 Å². The summed E-state index contributed by atoms with van der Waals surface area (Å²) in [7, 11) is 0. The molecular weight excluding hydrogens is 861 g/mol. The van der Waals surface area contributed by atoms with Crippen LogP contribution in [0.15, 0.2) is 24.3 Å². The van der Waals surface area contributed by atoms with Crippen LogP contribution in [0.5, 0.6) is 0 Å². The number of hydrogen-bond acceptors (Lipinski definition) is 14. The Morgan fingerprint density at radius 3 is 1.45 bits per heavy atom. The van der Waals surface area contributed by atoms with E-state index in [1.165, 1.54) is 122 Å². The monoisotopic (exact) mass is 959 g/mol. The van der Waals surface area contributed by atoms with Gasteiger partial charge in [0.1, 0.15) is 54.9 Å². The van der Waals surface area contributed by atoms with Crippen molar-refractivity contribution in [3.05, 3.63) is 24.3 Å². The normalized spacial score (nSPS) is 26.2. The molecule has 0 amide bonds. The standard InChI is InChI=1S/C53H98O14/c1-3-5-7-9-11-13-15-17-19-21-23-25-27-29-31-33-35-37-62-39-42(65-45(55)36-34-32-30-28-26-24-22-20-18-16-14-12-10-8-6-4-2)40-63-52-51(61)49(59)47(57)44(67-52)41-64-53-50(60)48(58)46(56)43(38-54)66-53/h13,15,19,21,42-44,46-54,56-61H,3-12,14,16-18,20,22-41H2,1-2H3/b15-13-,21-19-. The minimum atomic E-state index is -1.71. The second-order valence-corrected chi connectivity index (χ2v) is 19.1. The zero-order valence-electron chi connectivity index (χ0n) is 41.9. The van der Waals surface area contributed by atoms with Gasteiger partial charge in [0.25, 0.3) is 0 Å². The van der Waals surface area contributed by atoms with E-state index in [0.717, 1.165) is 57.8 Å². The average Bonchev–Trinajstić information content (AvgIpc) is 3.32. The van der Waals surface area contributed by atoms with Crippen LogP contribution < -0.4 is 0 Å².